The van der Waals surface area contributed by atoms with E-state index in [0.717, 1.165) is 0 Å². The fourth-order valence-corrected chi connectivity index (χ4v) is 1.88. The summed E-state index contributed by atoms with van der Waals surface area (Å²) in [6, 6.07) is 4.78. The summed E-state index contributed by atoms with van der Waals surface area (Å²) < 4.78 is 13.4. The summed E-state index contributed by atoms with van der Waals surface area (Å²) in [6.07, 6.45) is 2.78. The third-order valence-corrected chi connectivity index (χ3v) is 2.92. The summed E-state index contributed by atoms with van der Waals surface area (Å²) in [5.41, 5.74) is 0.814. The molecule has 0 saturated heterocycles. The van der Waals surface area contributed by atoms with Crippen LogP contribution < -0.4 is 5.32 Å². The van der Waals surface area contributed by atoms with Crippen molar-refractivity contribution < 1.29 is 19.1 Å². The first-order chi connectivity index (χ1) is 10.1. The van der Waals surface area contributed by atoms with Crippen molar-refractivity contribution in [1.29, 1.82) is 0 Å². The van der Waals surface area contributed by atoms with Crippen molar-refractivity contribution in [2.75, 3.05) is 0 Å². The van der Waals surface area contributed by atoms with E-state index in [9.17, 15) is 14.0 Å². The number of rotatable bonds is 6. The second-order valence-corrected chi connectivity index (χ2v) is 4.51. The number of carboxylic acids is 1. The molecule has 0 aliphatic rings. The minimum Gasteiger partial charge on any atom is -0.480 e. The monoisotopic (exact) mass is 291 g/mol. The van der Waals surface area contributed by atoms with E-state index in [1.54, 1.807) is 6.07 Å². The van der Waals surface area contributed by atoms with Crippen LogP contribution in [-0.2, 0) is 22.4 Å². The number of halogens is 1. The lowest BCUT2D eigenvalue weighted by Crippen LogP contribution is -2.43. The summed E-state index contributed by atoms with van der Waals surface area (Å²) in [4.78, 5) is 29.5. The van der Waals surface area contributed by atoms with E-state index in [1.165, 1.54) is 30.7 Å². The predicted molar refractivity (Wildman–Crippen MR) is 72.0 cm³/mol. The number of benzene rings is 1. The third kappa shape index (κ3) is 4.13. The fourth-order valence-electron chi connectivity index (χ4n) is 1.88. The van der Waals surface area contributed by atoms with E-state index in [-0.39, 0.29) is 18.4 Å². The molecule has 1 aromatic heterocycles. The normalized spacial score (nSPS) is 11.9. The van der Waals surface area contributed by atoms with Crippen molar-refractivity contribution in [3.63, 3.8) is 0 Å². The standard InChI is InChI=1S/C14H14FN3O3/c15-11-4-2-1-3-9(11)5-13(19)18-12(14(20)21)6-10-7-16-8-17-10/h1-4,7-8,12H,5-6H2,(H,16,17)(H,18,19)(H,20,21)/t12-/m1/s1. The second kappa shape index (κ2) is 6.65. The molecule has 1 aromatic carbocycles. The van der Waals surface area contributed by atoms with Crippen LogP contribution in [0.3, 0.4) is 0 Å². The highest BCUT2D eigenvalue weighted by Crippen LogP contribution is 2.07. The molecule has 7 heteroatoms. The SMILES string of the molecule is O=C(Cc1ccccc1F)N[C@H](Cc1cnc[nH]1)C(=O)O. The van der Waals surface area contributed by atoms with Gasteiger partial charge in [0.05, 0.1) is 12.7 Å². The topological polar surface area (TPSA) is 95.1 Å². The summed E-state index contributed by atoms with van der Waals surface area (Å²) in [5, 5.41) is 11.5. The molecule has 0 bridgehead atoms. The largest absolute Gasteiger partial charge is 0.480 e. The number of hydrogen-bond donors (Lipinski definition) is 3. The molecule has 6 nitrogen and oxygen atoms in total. The van der Waals surface area contributed by atoms with Gasteiger partial charge in [0.15, 0.2) is 0 Å². The zero-order valence-corrected chi connectivity index (χ0v) is 11.0. The number of H-pyrrole nitrogens is 1. The van der Waals surface area contributed by atoms with Crippen molar-refractivity contribution in [2.45, 2.75) is 18.9 Å². The van der Waals surface area contributed by atoms with Crippen molar-refractivity contribution in [2.24, 2.45) is 0 Å². The van der Waals surface area contributed by atoms with E-state index in [0.29, 0.717) is 5.69 Å². The first kappa shape index (κ1) is 14.7. The Labute approximate surface area is 120 Å². The van der Waals surface area contributed by atoms with E-state index in [1.807, 2.05) is 0 Å². The van der Waals surface area contributed by atoms with Gasteiger partial charge in [-0.15, -0.1) is 0 Å². The van der Waals surface area contributed by atoms with Crippen LogP contribution in [0.1, 0.15) is 11.3 Å². The molecule has 1 atom stereocenters. The van der Waals surface area contributed by atoms with Gasteiger partial charge in [0, 0.05) is 18.3 Å². The zero-order valence-electron chi connectivity index (χ0n) is 11.0. The maximum absolute atomic E-state index is 13.4. The molecule has 1 amide bonds. The lowest BCUT2D eigenvalue weighted by molar-refractivity contribution is -0.141. The van der Waals surface area contributed by atoms with E-state index in [4.69, 9.17) is 5.11 Å². The summed E-state index contributed by atoms with van der Waals surface area (Å²) in [7, 11) is 0. The number of carboxylic acid groups (broad SMARTS) is 1. The van der Waals surface area contributed by atoms with Gasteiger partial charge in [0.2, 0.25) is 5.91 Å². The van der Waals surface area contributed by atoms with Gasteiger partial charge in [-0.05, 0) is 11.6 Å². The number of aliphatic carboxylic acids is 1. The Hall–Kier alpha value is -2.70. The maximum atomic E-state index is 13.4. The Morgan fingerprint density at radius 3 is 2.76 bits per heavy atom. The van der Waals surface area contributed by atoms with Crippen molar-refractivity contribution >= 4 is 11.9 Å². The van der Waals surface area contributed by atoms with Gasteiger partial charge in [0.1, 0.15) is 11.9 Å². The molecule has 0 aliphatic carbocycles. The summed E-state index contributed by atoms with van der Waals surface area (Å²) >= 11 is 0. The lowest BCUT2D eigenvalue weighted by Gasteiger charge is -2.13. The molecule has 0 spiro atoms. The van der Waals surface area contributed by atoms with Crippen LogP contribution in [0.5, 0.6) is 0 Å². The highest BCUT2D eigenvalue weighted by atomic mass is 19.1. The van der Waals surface area contributed by atoms with Crippen LogP contribution in [0.2, 0.25) is 0 Å². The average molecular weight is 291 g/mol. The summed E-state index contributed by atoms with van der Waals surface area (Å²) in [6.45, 7) is 0. The Bertz CT molecular complexity index is 628. The average Bonchev–Trinajstić information content (AvgIpc) is 2.93. The third-order valence-electron chi connectivity index (χ3n) is 2.92. The van der Waals surface area contributed by atoms with E-state index in [2.05, 4.69) is 15.3 Å². The molecule has 21 heavy (non-hydrogen) atoms. The van der Waals surface area contributed by atoms with Gasteiger partial charge in [0.25, 0.3) is 0 Å². The molecule has 2 aromatic rings. The van der Waals surface area contributed by atoms with Crippen LogP contribution in [-0.4, -0.2) is 33.0 Å². The Morgan fingerprint density at radius 1 is 1.38 bits per heavy atom. The molecule has 0 unspecified atom stereocenters. The summed E-state index contributed by atoms with van der Waals surface area (Å²) in [5.74, 6) is -2.20. The minimum atomic E-state index is -1.16. The van der Waals surface area contributed by atoms with Gasteiger partial charge < -0.3 is 15.4 Å². The number of hydrogen-bond acceptors (Lipinski definition) is 3. The lowest BCUT2D eigenvalue weighted by atomic mass is 10.1. The molecule has 3 N–H and O–H groups in total. The molecule has 0 radical (unpaired) electrons. The molecule has 0 saturated carbocycles. The van der Waals surface area contributed by atoms with Crippen LogP contribution in [0, 0.1) is 5.82 Å². The molecule has 0 fully saturated rings. The number of nitrogens with zero attached hydrogens (tertiary/aromatic N) is 1. The highest BCUT2D eigenvalue weighted by molar-refractivity contribution is 5.85. The number of aromatic amines is 1. The van der Waals surface area contributed by atoms with Crippen LogP contribution >= 0.6 is 0 Å². The Morgan fingerprint density at radius 2 is 2.14 bits per heavy atom. The molecule has 2 rings (SSSR count). The van der Waals surface area contributed by atoms with E-state index >= 15 is 0 Å². The first-order valence-electron chi connectivity index (χ1n) is 6.29. The number of imidazole rings is 1. The Kier molecular flexibility index (Phi) is 4.65. The maximum Gasteiger partial charge on any atom is 0.326 e. The first-order valence-corrected chi connectivity index (χ1v) is 6.29. The van der Waals surface area contributed by atoms with Crippen molar-refractivity contribution in [1.82, 2.24) is 15.3 Å². The van der Waals surface area contributed by atoms with Gasteiger partial charge in [-0.1, -0.05) is 18.2 Å². The predicted octanol–water partition coefficient (Wildman–Crippen LogP) is 0.903. The number of carbonyl (C=O) groups is 2. The molecule has 0 aliphatic heterocycles. The Balaban J connectivity index is 1.98. The van der Waals surface area contributed by atoms with Gasteiger partial charge in [-0.2, -0.15) is 0 Å². The van der Waals surface area contributed by atoms with Crippen LogP contribution in [0.25, 0.3) is 0 Å². The molecule has 1 heterocycles. The van der Waals surface area contributed by atoms with Gasteiger partial charge >= 0.3 is 5.97 Å². The van der Waals surface area contributed by atoms with Gasteiger partial charge in [-0.3, -0.25) is 4.79 Å². The highest BCUT2D eigenvalue weighted by Gasteiger charge is 2.21. The van der Waals surface area contributed by atoms with Crippen molar-refractivity contribution in [3.8, 4) is 0 Å². The zero-order chi connectivity index (χ0) is 15.2. The molecular weight excluding hydrogens is 277 g/mol. The number of nitrogens with one attached hydrogen (secondary N) is 2. The quantitative estimate of drug-likeness (QED) is 0.737. The number of carbonyl (C=O) groups excluding carboxylic acids is 1. The smallest absolute Gasteiger partial charge is 0.326 e. The van der Waals surface area contributed by atoms with Crippen molar-refractivity contribution in [3.05, 3.63) is 53.9 Å². The van der Waals surface area contributed by atoms with Gasteiger partial charge in [-0.25, -0.2) is 14.2 Å². The van der Waals surface area contributed by atoms with Crippen LogP contribution in [0.4, 0.5) is 4.39 Å². The number of aromatic nitrogens is 2. The fraction of sp³-hybridized carbons (Fsp3) is 0.214. The second-order valence-electron chi connectivity index (χ2n) is 4.51. The number of amides is 1. The molecular formula is C14H14FN3O3. The van der Waals surface area contributed by atoms with Crippen LogP contribution in [0.15, 0.2) is 36.8 Å². The molecule has 110 valence electrons. The van der Waals surface area contributed by atoms with E-state index < -0.39 is 23.7 Å². The minimum absolute atomic E-state index is 0.0817.